The third-order valence-electron chi connectivity index (χ3n) is 2.57. The first-order chi connectivity index (χ1) is 7.69. The number of hydrogen-bond acceptors (Lipinski definition) is 3. The molecule has 1 fully saturated rings. The molecule has 1 amide bonds. The molecule has 0 aliphatic carbocycles. The predicted molar refractivity (Wildman–Crippen MR) is 59.3 cm³/mol. The van der Waals surface area contributed by atoms with Crippen molar-refractivity contribution in [3.63, 3.8) is 0 Å². The normalized spacial score (nSPS) is 19.8. The summed E-state index contributed by atoms with van der Waals surface area (Å²) in [6, 6.07) is 7.69. The molecule has 1 aliphatic rings. The molecule has 4 heteroatoms. The average Bonchev–Trinajstić information content (AvgIpc) is 2.59. The Balaban J connectivity index is 2.01. The van der Waals surface area contributed by atoms with E-state index in [1.54, 1.807) is 12.0 Å². The molecule has 2 rings (SSSR count). The van der Waals surface area contributed by atoms with E-state index in [4.69, 9.17) is 9.47 Å². The van der Waals surface area contributed by atoms with Gasteiger partial charge in [0, 0.05) is 6.54 Å². The van der Waals surface area contributed by atoms with Gasteiger partial charge in [0.2, 0.25) is 0 Å². The number of methoxy groups -OCH3 is 1. The van der Waals surface area contributed by atoms with Crippen LogP contribution in [0, 0.1) is 0 Å². The zero-order valence-electron chi connectivity index (χ0n) is 9.47. The molecule has 1 atom stereocenters. The van der Waals surface area contributed by atoms with E-state index >= 15 is 0 Å². The molecular weight excluding hydrogens is 206 g/mol. The highest BCUT2D eigenvalue weighted by Gasteiger charge is 2.27. The Morgan fingerprint density at radius 1 is 1.44 bits per heavy atom. The van der Waals surface area contributed by atoms with Crippen LogP contribution in [0.2, 0.25) is 0 Å². The van der Waals surface area contributed by atoms with Gasteiger partial charge < -0.3 is 14.4 Å². The van der Waals surface area contributed by atoms with E-state index in [2.05, 4.69) is 0 Å². The highest BCUT2D eigenvalue weighted by Crippen LogP contribution is 2.17. The fourth-order valence-corrected chi connectivity index (χ4v) is 1.75. The summed E-state index contributed by atoms with van der Waals surface area (Å²) >= 11 is 0. The van der Waals surface area contributed by atoms with Gasteiger partial charge in [0.25, 0.3) is 0 Å². The van der Waals surface area contributed by atoms with E-state index in [9.17, 15) is 4.79 Å². The molecule has 1 aliphatic heterocycles. The minimum Gasteiger partial charge on any atom is -0.497 e. The SMILES string of the molecule is COc1ccc(CN2CC(C)OC2=O)cc1. The first kappa shape index (κ1) is 10.8. The third kappa shape index (κ3) is 2.27. The van der Waals surface area contributed by atoms with Crippen molar-refractivity contribution in [1.82, 2.24) is 4.90 Å². The van der Waals surface area contributed by atoms with Gasteiger partial charge in [0.05, 0.1) is 13.7 Å². The molecule has 0 spiro atoms. The number of rotatable bonds is 3. The van der Waals surface area contributed by atoms with Crippen molar-refractivity contribution >= 4 is 6.09 Å². The zero-order valence-corrected chi connectivity index (χ0v) is 9.47. The second-order valence-corrected chi connectivity index (χ2v) is 3.92. The third-order valence-corrected chi connectivity index (χ3v) is 2.57. The van der Waals surface area contributed by atoms with Gasteiger partial charge in [0.15, 0.2) is 0 Å². The molecule has 0 saturated carbocycles. The van der Waals surface area contributed by atoms with Crippen LogP contribution in [-0.2, 0) is 11.3 Å². The maximum absolute atomic E-state index is 11.4. The smallest absolute Gasteiger partial charge is 0.410 e. The molecule has 0 N–H and O–H groups in total. The summed E-state index contributed by atoms with van der Waals surface area (Å²) < 4.78 is 10.1. The Morgan fingerprint density at radius 3 is 2.62 bits per heavy atom. The van der Waals surface area contributed by atoms with Crippen LogP contribution in [0.3, 0.4) is 0 Å². The van der Waals surface area contributed by atoms with E-state index in [-0.39, 0.29) is 12.2 Å². The van der Waals surface area contributed by atoms with Gasteiger partial charge in [-0.2, -0.15) is 0 Å². The van der Waals surface area contributed by atoms with E-state index in [0.29, 0.717) is 13.1 Å². The summed E-state index contributed by atoms with van der Waals surface area (Å²) in [5.41, 5.74) is 1.08. The summed E-state index contributed by atoms with van der Waals surface area (Å²) in [7, 11) is 1.63. The molecule has 1 unspecified atom stereocenters. The van der Waals surface area contributed by atoms with Crippen molar-refractivity contribution < 1.29 is 14.3 Å². The lowest BCUT2D eigenvalue weighted by atomic mass is 10.2. The van der Waals surface area contributed by atoms with Gasteiger partial charge in [0.1, 0.15) is 11.9 Å². The molecule has 4 nitrogen and oxygen atoms in total. The van der Waals surface area contributed by atoms with Crippen LogP contribution in [0.25, 0.3) is 0 Å². The molecule has 0 aromatic heterocycles. The Bertz CT molecular complexity index is 374. The minimum atomic E-state index is -0.233. The quantitative estimate of drug-likeness (QED) is 0.784. The lowest BCUT2D eigenvalue weighted by Crippen LogP contribution is -2.24. The lowest BCUT2D eigenvalue weighted by Gasteiger charge is -2.12. The molecule has 1 heterocycles. The zero-order chi connectivity index (χ0) is 11.5. The molecule has 1 saturated heterocycles. The molecular formula is C12H15NO3. The second kappa shape index (κ2) is 4.43. The standard InChI is InChI=1S/C12H15NO3/c1-9-7-13(12(14)16-9)8-10-3-5-11(15-2)6-4-10/h3-6,9H,7-8H2,1-2H3. The molecule has 1 aromatic rings. The van der Waals surface area contributed by atoms with Crippen molar-refractivity contribution in [3.05, 3.63) is 29.8 Å². The predicted octanol–water partition coefficient (Wildman–Crippen LogP) is 2.04. The minimum absolute atomic E-state index is 0.00857. The monoisotopic (exact) mass is 221 g/mol. The average molecular weight is 221 g/mol. The number of benzene rings is 1. The topological polar surface area (TPSA) is 38.8 Å². The van der Waals surface area contributed by atoms with Crippen LogP contribution in [0.5, 0.6) is 5.75 Å². The Kier molecular flexibility index (Phi) is 2.99. The van der Waals surface area contributed by atoms with E-state index < -0.39 is 0 Å². The molecule has 0 radical (unpaired) electrons. The maximum Gasteiger partial charge on any atom is 0.410 e. The summed E-state index contributed by atoms with van der Waals surface area (Å²) in [6.07, 6.45) is -0.242. The first-order valence-electron chi connectivity index (χ1n) is 5.27. The van der Waals surface area contributed by atoms with Crippen molar-refractivity contribution in [1.29, 1.82) is 0 Å². The second-order valence-electron chi connectivity index (χ2n) is 3.92. The lowest BCUT2D eigenvalue weighted by molar-refractivity contribution is 0.137. The van der Waals surface area contributed by atoms with Crippen LogP contribution < -0.4 is 4.74 Å². The van der Waals surface area contributed by atoms with Gasteiger partial charge in [-0.15, -0.1) is 0 Å². The number of cyclic esters (lactones) is 1. The summed E-state index contributed by atoms with van der Waals surface area (Å²) in [6.45, 7) is 3.14. The maximum atomic E-state index is 11.4. The number of nitrogens with zero attached hydrogens (tertiary/aromatic N) is 1. The highest BCUT2D eigenvalue weighted by molar-refractivity contribution is 5.69. The largest absolute Gasteiger partial charge is 0.497 e. The molecule has 1 aromatic carbocycles. The van der Waals surface area contributed by atoms with Gasteiger partial charge in [-0.3, -0.25) is 0 Å². The van der Waals surface area contributed by atoms with Crippen LogP contribution in [0.15, 0.2) is 24.3 Å². The first-order valence-corrected chi connectivity index (χ1v) is 5.27. The van der Waals surface area contributed by atoms with Crippen molar-refractivity contribution in [2.45, 2.75) is 19.6 Å². The van der Waals surface area contributed by atoms with Crippen molar-refractivity contribution in [2.75, 3.05) is 13.7 Å². The fraction of sp³-hybridized carbons (Fsp3) is 0.417. The highest BCUT2D eigenvalue weighted by atomic mass is 16.6. The number of hydrogen-bond donors (Lipinski definition) is 0. The summed E-state index contributed by atoms with van der Waals surface area (Å²) in [5, 5.41) is 0. The van der Waals surface area contributed by atoms with E-state index in [1.807, 2.05) is 31.2 Å². The van der Waals surface area contributed by atoms with Gasteiger partial charge in [-0.1, -0.05) is 12.1 Å². The van der Waals surface area contributed by atoms with Gasteiger partial charge in [-0.25, -0.2) is 4.79 Å². The Hall–Kier alpha value is -1.71. The Morgan fingerprint density at radius 2 is 2.12 bits per heavy atom. The Labute approximate surface area is 94.8 Å². The molecule has 86 valence electrons. The van der Waals surface area contributed by atoms with Crippen LogP contribution in [0.4, 0.5) is 4.79 Å². The number of carbonyl (C=O) groups is 1. The summed E-state index contributed by atoms with van der Waals surface area (Å²) in [4.78, 5) is 13.1. The van der Waals surface area contributed by atoms with Gasteiger partial charge in [-0.05, 0) is 24.6 Å². The number of carbonyl (C=O) groups excluding carboxylic acids is 1. The fourth-order valence-electron chi connectivity index (χ4n) is 1.75. The van der Waals surface area contributed by atoms with Crippen molar-refractivity contribution in [3.8, 4) is 5.75 Å². The molecule has 16 heavy (non-hydrogen) atoms. The van der Waals surface area contributed by atoms with Gasteiger partial charge >= 0.3 is 6.09 Å². The van der Waals surface area contributed by atoms with Crippen LogP contribution >= 0.6 is 0 Å². The number of ether oxygens (including phenoxy) is 2. The van der Waals surface area contributed by atoms with Crippen molar-refractivity contribution in [2.24, 2.45) is 0 Å². The summed E-state index contributed by atoms with van der Waals surface area (Å²) in [5.74, 6) is 0.820. The van der Waals surface area contributed by atoms with Crippen LogP contribution in [-0.4, -0.2) is 30.8 Å². The van der Waals surface area contributed by atoms with E-state index in [1.165, 1.54) is 0 Å². The van der Waals surface area contributed by atoms with Crippen LogP contribution in [0.1, 0.15) is 12.5 Å². The molecule has 0 bridgehead atoms. The van der Waals surface area contributed by atoms with E-state index in [0.717, 1.165) is 11.3 Å². The number of amides is 1.